The Morgan fingerprint density at radius 3 is 2.60 bits per heavy atom. The Morgan fingerprint density at radius 2 is 2.00 bits per heavy atom. The van der Waals surface area contributed by atoms with Gasteiger partial charge in [-0.1, -0.05) is 12.1 Å². The summed E-state index contributed by atoms with van der Waals surface area (Å²) in [6.07, 6.45) is -0.157. The van der Waals surface area contributed by atoms with Crippen molar-refractivity contribution in [3.8, 4) is 5.75 Å². The summed E-state index contributed by atoms with van der Waals surface area (Å²) in [5.74, 6) is 0.682. The van der Waals surface area contributed by atoms with Gasteiger partial charge in [-0.25, -0.2) is 0 Å². The molecule has 112 valence electrons. The molecule has 0 aliphatic carbocycles. The second-order valence-corrected chi connectivity index (χ2v) is 4.61. The first-order valence-corrected chi connectivity index (χ1v) is 6.61. The Kier molecular flexibility index (Phi) is 7.04. The summed E-state index contributed by atoms with van der Waals surface area (Å²) in [4.78, 5) is 11.7. The fraction of sp³-hybridized carbons (Fsp3) is 0.533. The molecule has 0 saturated heterocycles. The Labute approximate surface area is 120 Å². The second-order valence-electron chi connectivity index (χ2n) is 4.61. The van der Waals surface area contributed by atoms with Crippen molar-refractivity contribution in [2.24, 2.45) is 0 Å². The van der Waals surface area contributed by atoms with Crippen LogP contribution in [0.2, 0.25) is 0 Å². The quantitative estimate of drug-likeness (QED) is 0.739. The minimum Gasteiger partial charge on any atom is -0.493 e. The maximum absolute atomic E-state index is 11.7. The van der Waals surface area contributed by atoms with Gasteiger partial charge in [0.1, 0.15) is 5.75 Å². The van der Waals surface area contributed by atoms with Crippen LogP contribution in [-0.2, 0) is 14.3 Å². The van der Waals surface area contributed by atoms with Gasteiger partial charge in [-0.05, 0) is 31.5 Å². The topological polar surface area (TPSA) is 56.8 Å². The minimum atomic E-state index is -0.448. The predicted molar refractivity (Wildman–Crippen MR) is 76.7 cm³/mol. The lowest BCUT2D eigenvalue weighted by molar-refractivity contribution is -0.136. The van der Waals surface area contributed by atoms with Gasteiger partial charge >= 0.3 is 0 Å². The van der Waals surface area contributed by atoms with Crippen LogP contribution in [0.5, 0.6) is 5.75 Å². The monoisotopic (exact) mass is 281 g/mol. The van der Waals surface area contributed by atoms with Crippen LogP contribution in [0.25, 0.3) is 0 Å². The highest BCUT2D eigenvalue weighted by molar-refractivity contribution is 5.76. The molecule has 1 unspecified atom stereocenters. The normalized spacial score (nSPS) is 12.2. The van der Waals surface area contributed by atoms with Crippen LogP contribution < -0.4 is 10.1 Å². The molecular formula is C15H23NO4. The first-order valence-electron chi connectivity index (χ1n) is 6.61. The molecule has 0 fully saturated rings. The molecule has 1 amide bonds. The molecule has 0 aliphatic heterocycles. The van der Waals surface area contributed by atoms with Crippen LogP contribution in [0.15, 0.2) is 24.3 Å². The van der Waals surface area contributed by atoms with Crippen molar-refractivity contribution in [1.82, 2.24) is 5.32 Å². The van der Waals surface area contributed by atoms with Crippen molar-refractivity contribution in [3.63, 3.8) is 0 Å². The molecule has 0 aliphatic rings. The van der Waals surface area contributed by atoms with Crippen molar-refractivity contribution >= 4 is 5.91 Å². The molecule has 5 heteroatoms. The van der Waals surface area contributed by atoms with E-state index in [2.05, 4.69) is 5.32 Å². The molecular weight excluding hydrogens is 258 g/mol. The number of benzene rings is 1. The van der Waals surface area contributed by atoms with E-state index < -0.39 is 6.29 Å². The highest BCUT2D eigenvalue weighted by Gasteiger charge is 2.17. The highest BCUT2D eigenvalue weighted by Crippen LogP contribution is 2.12. The summed E-state index contributed by atoms with van der Waals surface area (Å²) in [6.45, 7) is 4.17. The largest absolute Gasteiger partial charge is 0.493 e. The molecule has 0 heterocycles. The maximum Gasteiger partial charge on any atom is 0.223 e. The summed E-state index contributed by atoms with van der Waals surface area (Å²) in [6, 6.07) is 7.52. The third-order valence-corrected chi connectivity index (χ3v) is 2.85. The van der Waals surface area contributed by atoms with Crippen molar-refractivity contribution in [1.29, 1.82) is 0 Å². The first kappa shape index (κ1) is 16.5. The predicted octanol–water partition coefficient (Wildman–Crippen LogP) is 1.89. The number of carbonyl (C=O) groups is 1. The number of hydrogen-bond donors (Lipinski definition) is 1. The number of nitrogens with one attached hydrogen (secondary N) is 1. The fourth-order valence-electron chi connectivity index (χ4n) is 1.87. The summed E-state index contributed by atoms with van der Waals surface area (Å²) >= 11 is 0. The van der Waals surface area contributed by atoms with Crippen molar-refractivity contribution < 1.29 is 19.0 Å². The molecule has 5 nitrogen and oxygen atoms in total. The second kappa shape index (κ2) is 8.55. The lowest BCUT2D eigenvalue weighted by atomic mass is 10.2. The van der Waals surface area contributed by atoms with Gasteiger partial charge in [-0.3, -0.25) is 4.79 Å². The van der Waals surface area contributed by atoms with E-state index in [1.54, 1.807) is 0 Å². The van der Waals surface area contributed by atoms with Gasteiger partial charge in [0, 0.05) is 14.2 Å². The zero-order chi connectivity index (χ0) is 15.0. The zero-order valence-corrected chi connectivity index (χ0v) is 12.5. The van der Waals surface area contributed by atoms with E-state index in [1.807, 2.05) is 38.1 Å². The number of ether oxygens (including phenoxy) is 3. The fourth-order valence-corrected chi connectivity index (χ4v) is 1.87. The average molecular weight is 281 g/mol. The molecule has 0 saturated carbocycles. The lowest BCUT2D eigenvalue weighted by Gasteiger charge is -2.22. The molecule has 0 radical (unpaired) electrons. The number of amides is 1. The van der Waals surface area contributed by atoms with Gasteiger partial charge in [0.25, 0.3) is 0 Å². The molecule has 20 heavy (non-hydrogen) atoms. The molecule has 0 bridgehead atoms. The van der Waals surface area contributed by atoms with Crippen molar-refractivity contribution in [3.05, 3.63) is 29.8 Å². The molecule has 1 atom stereocenters. The van der Waals surface area contributed by atoms with E-state index in [9.17, 15) is 4.79 Å². The van der Waals surface area contributed by atoms with Gasteiger partial charge < -0.3 is 19.5 Å². The van der Waals surface area contributed by atoms with Crippen LogP contribution in [0.1, 0.15) is 18.9 Å². The SMILES string of the molecule is COC(OC)C(C)NC(=O)CCOc1cccc(C)c1. The van der Waals surface area contributed by atoms with Crippen LogP contribution in [0, 0.1) is 6.92 Å². The van der Waals surface area contributed by atoms with Gasteiger partial charge in [-0.15, -0.1) is 0 Å². The van der Waals surface area contributed by atoms with E-state index in [4.69, 9.17) is 14.2 Å². The lowest BCUT2D eigenvalue weighted by Crippen LogP contribution is -2.43. The molecule has 1 aromatic carbocycles. The van der Waals surface area contributed by atoms with Crippen LogP contribution in [0.4, 0.5) is 0 Å². The van der Waals surface area contributed by atoms with Crippen LogP contribution in [-0.4, -0.2) is 39.1 Å². The minimum absolute atomic E-state index is 0.0933. The Bertz CT molecular complexity index is 418. The van der Waals surface area contributed by atoms with Gasteiger partial charge in [0.15, 0.2) is 6.29 Å². The number of carbonyl (C=O) groups excluding carboxylic acids is 1. The average Bonchev–Trinajstić information content (AvgIpc) is 2.40. The first-order chi connectivity index (χ1) is 9.56. The number of aryl methyl sites for hydroxylation is 1. The van der Waals surface area contributed by atoms with E-state index >= 15 is 0 Å². The summed E-state index contributed by atoms with van der Waals surface area (Å²) in [5.41, 5.74) is 1.13. The standard InChI is InChI=1S/C15H23NO4/c1-11-6-5-7-13(10-11)20-9-8-14(17)16-12(2)15(18-3)19-4/h5-7,10,12,15H,8-9H2,1-4H3,(H,16,17). The zero-order valence-electron chi connectivity index (χ0n) is 12.5. The maximum atomic E-state index is 11.7. The van der Waals surface area contributed by atoms with Gasteiger partial charge in [0.2, 0.25) is 5.91 Å². The summed E-state index contributed by atoms with van der Waals surface area (Å²) in [5, 5.41) is 2.81. The third kappa shape index (κ3) is 5.59. The Morgan fingerprint density at radius 1 is 1.30 bits per heavy atom. The van der Waals surface area contributed by atoms with Gasteiger partial charge in [-0.2, -0.15) is 0 Å². The number of methoxy groups -OCH3 is 2. The smallest absolute Gasteiger partial charge is 0.223 e. The molecule has 1 aromatic rings. The van der Waals surface area contributed by atoms with Crippen molar-refractivity contribution in [2.75, 3.05) is 20.8 Å². The van der Waals surface area contributed by atoms with E-state index in [0.29, 0.717) is 13.0 Å². The molecule has 1 rings (SSSR count). The number of hydrogen-bond acceptors (Lipinski definition) is 4. The molecule has 0 spiro atoms. The Hall–Kier alpha value is -1.59. The van der Waals surface area contributed by atoms with Crippen molar-refractivity contribution in [2.45, 2.75) is 32.6 Å². The number of rotatable bonds is 8. The van der Waals surface area contributed by atoms with Crippen LogP contribution >= 0.6 is 0 Å². The van der Waals surface area contributed by atoms with E-state index in [1.165, 1.54) is 14.2 Å². The van der Waals surface area contributed by atoms with E-state index in [-0.39, 0.29) is 11.9 Å². The molecule has 0 aromatic heterocycles. The molecule has 1 N–H and O–H groups in total. The Balaban J connectivity index is 2.30. The van der Waals surface area contributed by atoms with E-state index in [0.717, 1.165) is 11.3 Å². The third-order valence-electron chi connectivity index (χ3n) is 2.85. The van der Waals surface area contributed by atoms with Gasteiger partial charge in [0.05, 0.1) is 19.1 Å². The summed E-state index contributed by atoms with van der Waals surface area (Å²) < 4.78 is 15.7. The highest BCUT2D eigenvalue weighted by atomic mass is 16.7. The summed E-state index contributed by atoms with van der Waals surface area (Å²) in [7, 11) is 3.08. The van der Waals surface area contributed by atoms with Crippen LogP contribution in [0.3, 0.4) is 0 Å².